The highest BCUT2D eigenvalue weighted by Crippen LogP contribution is 2.27. The number of imidazole rings is 1. The molecule has 0 saturated heterocycles. The Balaban J connectivity index is 2.61. The molecule has 18 heavy (non-hydrogen) atoms. The van der Waals surface area contributed by atoms with Gasteiger partial charge >= 0.3 is 5.97 Å². The predicted molar refractivity (Wildman–Crippen MR) is 70.9 cm³/mol. The molecule has 0 radical (unpaired) electrons. The van der Waals surface area contributed by atoms with Crippen molar-refractivity contribution in [2.24, 2.45) is 5.92 Å². The van der Waals surface area contributed by atoms with Crippen LogP contribution < -0.4 is 0 Å². The molecular formula is C14H18N2O2. The van der Waals surface area contributed by atoms with Crippen LogP contribution in [0.5, 0.6) is 0 Å². The quantitative estimate of drug-likeness (QED) is 0.900. The van der Waals surface area contributed by atoms with Crippen LogP contribution in [0.3, 0.4) is 0 Å². The fourth-order valence-corrected chi connectivity index (χ4v) is 2.48. The van der Waals surface area contributed by atoms with Crippen molar-refractivity contribution in [3.63, 3.8) is 0 Å². The molecule has 0 amide bonds. The Morgan fingerprint density at radius 2 is 2.17 bits per heavy atom. The summed E-state index contributed by atoms with van der Waals surface area (Å²) in [5, 5.41) is 9.15. The monoisotopic (exact) mass is 246 g/mol. The van der Waals surface area contributed by atoms with E-state index >= 15 is 0 Å². The minimum atomic E-state index is -0.927. The van der Waals surface area contributed by atoms with Gasteiger partial charge in [-0.3, -0.25) is 0 Å². The zero-order valence-electron chi connectivity index (χ0n) is 10.9. The molecule has 0 spiro atoms. The number of nitrogens with zero attached hydrogens (tertiary/aromatic N) is 2. The van der Waals surface area contributed by atoms with Crippen LogP contribution >= 0.6 is 0 Å². The van der Waals surface area contributed by atoms with Crippen LogP contribution in [0.1, 0.15) is 43.6 Å². The first kappa shape index (κ1) is 12.6. The van der Waals surface area contributed by atoms with Crippen LogP contribution in [0.4, 0.5) is 0 Å². The van der Waals surface area contributed by atoms with Gasteiger partial charge in [0, 0.05) is 6.04 Å². The van der Waals surface area contributed by atoms with Gasteiger partial charge in [0.05, 0.1) is 17.4 Å². The SMILES string of the molecule is CCC(C(C)C)n1cnc2c(C(=O)O)cccc21. The second-order valence-corrected chi connectivity index (χ2v) is 4.85. The highest BCUT2D eigenvalue weighted by atomic mass is 16.4. The van der Waals surface area contributed by atoms with Crippen molar-refractivity contribution in [2.45, 2.75) is 33.2 Å². The normalized spacial score (nSPS) is 13.1. The van der Waals surface area contributed by atoms with Gasteiger partial charge < -0.3 is 9.67 Å². The molecule has 2 aromatic rings. The first-order valence-electron chi connectivity index (χ1n) is 6.25. The summed E-state index contributed by atoms with van der Waals surface area (Å²) < 4.78 is 2.09. The summed E-state index contributed by atoms with van der Waals surface area (Å²) in [6.07, 6.45) is 2.76. The molecule has 0 aliphatic rings. The average molecular weight is 246 g/mol. The number of hydrogen-bond donors (Lipinski definition) is 1. The van der Waals surface area contributed by atoms with Crippen LogP contribution in [0.2, 0.25) is 0 Å². The number of carboxylic acids is 1. The highest BCUT2D eigenvalue weighted by Gasteiger charge is 2.18. The van der Waals surface area contributed by atoms with Crippen molar-refractivity contribution in [1.82, 2.24) is 9.55 Å². The molecular weight excluding hydrogens is 228 g/mol. The van der Waals surface area contributed by atoms with Crippen molar-refractivity contribution in [2.75, 3.05) is 0 Å². The molecule has 0 aliphatic heterocycles. The molecule has 0 aliphatic carbocycles. The summed E-state index contributed by atoms with van der Waals surface area (Å²) in [5.41, 5.74) is 1.74. The molecule has 4 nitrogen and oxygen atoms in total. The maximum absolute atomic E-state index is 11.1. The summed E-state index contributed by atoms with van der Waals surface area (Å²) in [5.74, 6) is -0.440. The van der Waals surface area contributed by atoms with E-state index in [1.165, 1.54) is 0 Å². The van der Waals surface area contributed by atoms with E-state index in [0.29, 0.717) is 17.5 Å². The Morgan fingerprint density at radius 1 is 1.44 bits per heavy atom. The molecule has 1 aromatic carbocycles. The topological polar surface area (TPSA) is 55.1 Å². The fourth-order valence-electron chi connectivity index (χ4n) is 2.48. The zero-order valence-corrected chi connectivity index (χ0v) is 10.9. The number of carboxylic acid groups (broad SMARTS) is 1. The minimum absolute atomic E-state index is 0.268. The predicted octanol–water partition coefficient (Wildman–Crippen LogP) is 3.34. The first-order chi connectivity index (χ1) is 8.56. The molecule has 1 N–H and O–H groups in total. The smallest absolute Gasteiger partial charge is 0.337 e. The second-order valence-electron chi connectivity index (χ2n) is 4.85. The number of aromatic carboxylic acids is 1. The van der Waals surface area contributed by atoms with E-state index in [2.05, 4.69) is 30.3 Å². The highest BCUT2D eigenvalue weighted by molar-refractivity contribution is 6.00. The Bertz CT molecular complexity index is 572. The Morgan fingerprint density at radius 3 is 2.72 bits per heavy atom. The van der Waals surface area contributed by atoms with Gasteiger partial charge in [0.2, 0.25) is 0 Å². The lowest BCUT2D eigenvalue weighted by atomic mass is 10.0. The van der Waals surface area contributed by atoms with Crippen LogP contribution in [0, 0.1) is 5.92 Å². The molecule has 1 unspecified atom stereocenters. The summed E-state index contributed by atoms with van der Waals surface area (Å²) in [7, 11) is 0. The van der Waals surface area contributed by atoms with E-state index in [0.717, 1.165) is 11.9 Å². The number of para-hydroxylation sites is 1. The van der Waals surface area contributed by atoms with Crippen molar-refractivity contribution in [3.05, 3.63) is 30.1 Å². The van der Waals surface area contributed by atoms with Gasteiger partial charge in [-0.15, -0.1) is 0 Å². The lowest BCUT2D eigenvalue weighted by Crippen LogP contribution is -2.13. The third kappa shape index (κ3) is 1.98. The Labute approximate surface area is 106 Å². The van der Waals surface area contributed by atoms with E-state index in [1.807, 2.05) is 6.07 Å². The van der Waals surface area contributed by atoms with Gasteiger partial charge in [0.1, 0.15) is 5.52 Å². The standard InChI is InChI=1S/C14H18N2O2/c1-4-11(9(2)3)16-8-15-13-10(14(17)18)6-5-7-12(13)16/h5-9,11H,4H2,1-3H3,(H,17,18). The number of rotatable bonds is 4. The van der Waals surface area contributed by atoms with Gasteiger partial charge in [-0.25, -0.2) is 9.78 Å². The molecule has 1 aromatic heterocycles. The van der Waals surface area contributed by atoms with Gasteiger partial charge in [-0.05, 0) is 24.5 Å². The third-order valence-electron chi connectivity index (χ3n) is 3.38. The largest absolute Gasteiger partial charge is 0.478 e. The van der Waals surface area contributed by atoms with Crippen LogP contribution in [-0.2, 0) is 0 Å². The molecule has 1 heterocycles. The van der Waals surface area contributed by atoms with Crippen molar-refractivity contribution in [1.29, 1.82) is 0 Å². The number of benzene rings is 1. The molecule has 0 saturated carbocycles. The van der Waals surface area contributed by atoms with E-state index < -0.39 is 5.97 Å². The van der Waals surface area contributed by atoms with Gasteiger partial charge in [-0.2, -0.15) is 0 Å². The summed E-state index contributed by atoms with van der Waals surface area (Å²) >= 11 is 0. The van der Waals surface area contributed by atoms with E-state index in [9.17, 15) is 4.79 Å². The third-order valence-corrected chi connectivity index (χ3v) is 3.38. The number of carbonyl (C=O) groups is 1. The molecule has 1 atom stereocenters. The Kier molecular flexibility index (Phi) is 3.36. The summed E-state index contributed by atoms with van der Waals surface area (Å²) in [4.78, 5) is 15.4. The first-order valence-corrected chi connectivity index (χ1v) is 6.25. The molecule has 4 heteroatoms. The second kappa shape index (κ2) is 4.80. The average Bonchev–Trinajstić information content (AvgIpc) is 2.73. The van der Waals surface area contributed by atoms with Crippen molar-refractivity contribution < 1.29 is 9.90 Å². The summed E-state index contributed by atoms with van der Waals surface area (Å²) in [6.45, 7) is 6.47. The molecule has 96 valence electrons. The van der Waals surface area contributed by atoms with Crippen LogP contribution in [0.15, 0.2) is 24.5 Å². The van der Waals surface area contributed by atoms with Gasteiger partial charge in [0.25, 0.3) is 0 Å². The number of fused-ring (bicyclic) bond motifs is 1. The maximum Gasteiger partial charge on any atom is 0.337 e. The van der Waals surface area contributed by atoms with Crippen molar-refractivity contribution in [3.8, 4) is 0 Å². The molecule has 0 bridgehead atoms. The number of aromatic nitrogens is 2. The van der Waals surface area contributed by atoms with Crippen LogP contribution in [-0.4, -0.2) is 20.6 Å². The minimum Gasteiger partial charge on any atom is -0.478 e. The number of hydrogen-bond acceptors (Lipinski definition) is 2. The van der Waals surface area contributed by atoms with E-state index in [1.54, 1.807) is 18.5 Å². The van der Waals surface area contributed by atoms with E-state index in [4.69, 9.17) is 5.11 Å². The molecule has 2 rings (SSSR count). The van der Waals surface area contributed by atoms with Crippen molar-refractivity contribution >= 4 is 17.0 Å². The van der Waals surface area contributed by atoms with Crippen LogP contribution in [0.25, 0.3) is 11.0 Å². The lowest BCUT2D eigenvalue weighted by molar-refractivity contribution is 0.0699. The summed E-state index contributed by atoms with van der Waals surface area (Å²) in [6, 6.07) is 5.65. The van der Waals surface area contributed by atoms with E-state index in [-0.39, 0.29) is 5.56 Å². The fraction of sp³-hybridized carbons (Fsp3) is 0.429. The zero-order chi connectivity index (χ0) is 13.3. The maximum atomic E-state index is 11.1. The Hall–Kier alpha value is -1.84. The molecule has 0 fully saturated rings. The van der Waals surface area contributed by atoms with Gasteiger partial charge in [-0.1, -0.05) is 26.8 Å². The lowest BCUT2D eigenvalue weighted by Gasteiger charge is -2.21. The van der Waals surface area contributed by atoms with Gasteiger partial charge in [0.15, 0.2) is 0 Å².